The number of methoxy groups -OCH3 is 2. The summed E-state index contributed by atoms with van der Waals surface area (Å²) in [4.78, 5) is 12.6. The molecule has 0 unspecified atom stereocenters. The second-order valence-electron chi connectivity index (χ2n) is 6.45. The van der Waals surface area contributed by atoms with E-state index in [1.54, 1.807) is 32.1 Å². The molecule has 1 aromatic heterocycles. The fourth-order valence-corrected chi connectivity index (χ4v) is 4.22. The Labute approximate surface area is 173 Å². The molecule has 1 aliphatic heterocycles. The number of amides is 1. The molecule has 3 aromatic rings. The Balaban J connectivity index is 1.57. The number of hydrogen-bond acceptors (Lipinski definition) is 5. The van der Waals surface area contributed by atoms with Crippen molar-refractivity contribution in [3.05, 3.63) is 71.4 Å². The normalized spacial score (nSPS) is 12.8. The van der Waals surface area contributed by atoms with Crippen LogP contribution in [-0.4, -0.2) is 29.9 Å². The third kappa shape index (κ3) is 4.00. The van der Waals surface area contributed by atoms with E-state index in [-0.39, 0.29) is 5.91 Å². The largest absolute Gasteiger partial charge is 0.493 e. The zero-order valence-electron chi connectivity index (χ0n) is 16.2. The van der Waals surface area contributed by atoms with Gasteiger partial charge in [0.05, 0.1) is 25.6 Å². The first kappa shape index (κ1) is 19.1. The van der Waals surface area contributed by atoms with E-state index in [0.717, 1.165) is 39.8 Å². The zero-order chi connectivity index (χ0) is 20.2. The minimum Gasteiger partial charge on any atom is -0.493 e. The Hall–Kier alpha value is -3.19. The molecule has 1 aliphatic rings. The van der Waals surface area contributed by atoms with Gasteiger partial charge >= 0.3 is 0 Å². The summed E-state index contributed by atoms with van der Waals surface area (Å²) in [6, 6.07) is 15.3. The van der Waals surface area contributed by atoms with E-state index in [0.29, 0.717) is 11.5 Å². The monoisotopic (exact) mass is 407 g/mol. The maximum absolute atomic E-state index is 12.6. The van der Waals surface area contributed by atoms with Crippen molar-refractivity contribution in [1.82, 2.24) is 9.78 Å². The van der Waals surface area contributed by atoms with Crippen molar-refractivity contribution in [2.24, 2.45) is 0 Å². The summed E-state index contributed by atoms with van der Waals surface area (Å²) in [5.74, 6) is 3.49. The van der Waals surface area contributed by atoms with Crippen molar-refractivity contribution in [3.8, 4) is 17.2 Å². The summed E-state index contributed by atoms with van der Waals surface area (Å²) < 4.78 is 12.4. The number of ether oxygens (including phenoxy) is 2. The molecule has 1 amide bonds. The zero-order valence-corrected chi connectivity index (χ0v) is 17.0. The number of rotatable bonds is 6. The minimum absolute atomic E-state index is 0.212. The maximum atomic E-state index is 12.6. The average molecular weight is 407 g/mol. The number of carbonyl (C=O) groups is 1. The molecule has 0 spiro atoms. The third-order valence-electron chi connectivity index (χ3n) is 4.63. The highest BCUT2D eigenvalue weighted by molar-refractivity contribution is 7.98. The standard InChI is InChI=1S/C22H21N3O3S/c1-27-19-10-8-15(12-20(19)28-2)9-11-21(26)23-22-17-13-29-14-18(17)24-25(22)16-6-4-3-5-7-16/h3-12H,13-14H2,1-2H3,(H,23,26)/b11-9+. The van der Waals surface area contributed by atoms with Gasteiger partial charge in [0.1, 0.15) is 5.82 Å². The number of hydrogen-bond donors (Lipinski definition) is 1. The second-order valence-corrected chi connectivity index (χ2v) is 7.44. The number of nitrogens with zero attached hydrogens (tertiary/aromatic N) is 2. The predicted octanol–water partition coefficient (Wildman–Crippen LogP) is 4.29. The fraction of sp³-hybridized carbons (Fsp3) is 0.182. The van der Waals surface area contributed by atoms with Crippen LogP contribution in [-0.2, 0) is 16.3 Å². The van der Waals surface area contributed by atoms with Crippen LogP contribution in [0.5, 0.6) is 11.5 Å². The number of thioether (sulfide) groups is 1. The van der Waals surface area contributed by atoms with Crippen molar-refractivity contribution >= 4 is 29.6 Å². The number of carbonyl (C=O) groups excluding carboxylic acids is 1. The summed E-state index contributed by atoms with van der Waals surface area (Å²) >= 11 is 1.80. The van der Waals surface area contributed by atoms with Gasteiger partial charge in [-0.3, -0.25) is 4.79 Å². The van der Waals surface area contributed by atoms with Crippen molar-refractivity contribution in [3.63, 3.8) is 0 Å². The minimum atomic E-state index is -0.212. The fourth-order valence-electron chi connectivity index (χ4n) is 3.18. The number of fused-ring (bicyclic) bond motifs is 1. The van der Waals surface area contributed by atoms with Crippen molar-refractivity contribution < 1.29 is 14.3 Å². The van der Waals surface area contributed by atoms with E-state index < -0.39 is 0 Å². The van der Waals surface area contributed by atoms with Crippen LogP contribution < -0.4 is 14.8 Å². The molecular weight excluding hydrogens is 386 g/mol. The van der Waals surface area contributed by atoms with Crippen LogP contribution in [0.15, 0.2) is 54.6 Å². The Kier molecular flexibility index (Phi) is 5.57. The predicted molar refractivity (Wildman–Crippen MR) is 116 cm³/mol. The first-order chi connectivity index (χ1) is 14.2. The Morgan fingerprint density at radius 3 is 2.66 bits per heavy atom. The molecule has 7 heteroatoms. The summed E-state index contributed by atoms with van der Waals surface area (Å²) in [6.45, 7) is 0. The molecule has 0 radical (unpaired) electrons. The highest BCUT2D eigenvalue weighted by atomic mass is 32.2. The van der Waals surface area contributed by atoms with Gasteiger partial charge in [0, 0.05) is 23.1 Å². The topological polar surface area (TPSA) is 65.4 Å². The van der Waals surface area contributed by atoms with Crippen LogP contribution in [0, 0.1) is 0 Å². The molecule has 0 saturated carbocycles. The summed E-state index contributed by atoms with van der Waals surface area (Å²) in [5, 5.41) is 7.72. The SMILES string of the molecule is COc1ccc(/C=C/C(=O)Nc2c3c(nn2-c2ccccc2)CSC3)cc1OC. The van der Waals surface area contributed by atoms with Gasteiger partial charge in [0.25, 0.3) is 0 Å². The molecule has 4 rings (SSSR count). The van der Waals surface area contributed by atoms with E-state index >= 15 is 0 Å². The van der Waals surface area contributed by atoms with Gasteiger partial charge in [-0.2, -0.15) is 16.9 Å². The van der Waals surface area contributed by atoms with Crippen molar-refractivity contribution in [2.45, 2.75) is 11.5 Å². The van der Waals surface area contributed by atoms with Gasteiger partial charge in [-0.05, 0) is 35.9 Å². The molecule has 0 aliphatic carbocycles. The smallest absolute Gasteiger partial charge is 0.249 e. The molecule has 0 atom stereocenters. The highest BCUT2D eigenvalue weighted by Crippen LogP contribution is 2.36. The molecule has 0 fully saturated rings. The molecule has 29 heavy (non-hydrogen) atoms. The van der Waals surface area contributed by atoms with Crippen LogP contribution in [0.25, 0.3) is 11.8 Å². The molecule has 2 heterocycles. The van der Waals surface area contributed by atoms with E-state index in [1.807, 2.05) is 53.2 Å². The molecule has 0 bridgehead atoms. The van der Waals surface area contributed by atoms with Crippen molar-refractivity contribution in [1.29, 1.82) is 0 Å². The van der Waals surface area contributed by atoms with Gasteiger partial charge < -0.3 is 14.8 Å². The first-order valence-corrected chi connectivity index (χ1v) is 10.3. The number of nitrogens with one attached hydrogen (secondary N) is 1. The molecule has 0 saturated heterocycles. The maximum Gasteiger partial charge on any atom is 0.249 e. The lowest BCUT2D eigenvalue weighted by Crippen LogP contribution is -2.13. The first-order valence-electron chi connectivity index (χ1n) is 9.14. The van der Waals surface area contributed by atoms with Gasteiger partial charge in [0.2, 0.25) is 5.91 Å². The van der Waals surface area contributed by atoms with E-state index in [9.17, 15) is 4.79 Å². The van der Waals surface area contributed by atoms with Crippen LogP contribution in [0.1, 0.15) is 16.8 Å². The van der Waals surface area contributed by atoms with Crippen LogP contribution in [0.3, 0.4) is 0 Å². The second kappa shape index (κ2) is 8.45. The Bertz CT molecular complexity index is 1060. The van der Waals surface area contributed by atoms with Crippen LogP contribution >= 0.6 is 11.8 Å². The van der Waals surface area contributed by atoms with Gasteiger partial charge in [0.15, 0.2) is 11.5 Å². The van der Waals surface area contributed by atoms with Crippen LogP contribution in [0.2, 0.25) is 0 Å². The highest BCUT2D eigenvalue weighted by Gasteiger charge is 2.24. The Morgan fingerprint density at radius 2 is 1.90 bits per heavy atom. The Morgan fingerprint density at radius 1 is 1.10 bits per heavy atom. The average Bonchev–Trinajstić information content (AvgIpc) is 3.35. The third-order valence-corrected chi connectivity index (χ3v) is 5.60. The number of anilines is 1. The van der Waals surface area contributed by atoms with Gasteiger partial charge in [-0.1, -0.05) is 24.3 Å². The van der Waals surface area contributed by atoms with Gasteiger partial charge in [-0.25, -0.2) is 4.68 Å². The molecule has 148 valence electrons. The molecule has 2 aromatic carbocycles. The quantitative estimate of drug-likeness (QED) is 0.618. The number of aromatic nitrogens is 2. The van der Waals surface area contributed by atoms with Gasteiger partial charge in [-0.15, -0.1) is 0 Å². The van der Waals surface area contributed by atoms with E-state index in [4.69, 9.17) is 14.6 Å². The summed E-state index contributed by atoms with van der Waals surface area (Å²) in [6.07, 6.45) is 3.26. The van der Waals surface area contributed by atoms with E-state index in [2.05, 4.69) is 5.32 Å². The lowest BCUT2D eigenvalue weighted by atomic mass is 10.2. The molecule has 1 N–H and O–H groups in total. The lowest BCUT2D eigenvalue weighted by molar-refractivity contribution is -0.111. The molecular formula is C22H21N3O3S. The number of para-hydroxylation sites is 1. The summed E-state index contributed by atoms with van der Waals surface area (Å²) in [7, 11) is 3.18. The lowest BCUT2D eigenvalue weighted by Gasteiger charge is -2.10. The van der Waals surface area contributed by atoms with E-state index in [1.165, 1.54) is 6.08 Å². The number of benzene rings is 2. The molecule has 6 nitrogen and oxygen atoms in total. The van der Waals surface area contributed by atoms with Crippen molar-refractivity contribution in [2.75, 3.05) is 19.5 Å². The summed E-state index contributed by atoms with van der Waals surface area (Å²) in [5.41, 5.74) is 3.88. The van der Waals surface area contributed by atoms with Crippen LogP contribution in [0.4, 0.5) is 5.82 Å².